The lowest BCUT2D eigenvalue weighted by Gasteiger charge is -2.11. The van der Waals surface area contributed by atoms with E-state index in [1.54, 1.807) is 12.1 Å². The van der Waals surface area contributed by atoms with Crippen molar-refractivity contribution in [2.45, 2.75) is 19.1 Å². The first-order valence-electron chi connectivity index (χ1n) is 6.01. The van der Waals surface area contributed by atoms with E-state index in [2.05, 4.69) is 5.32 Å². The number of benzene rings is 2. The van der Waals surface area contributed by atoms with Gasteiger partial charge in [-0.15, -0.1) is 0 Å². The van der Waals surface area contributed by atoms with Crippen molar-refractivity contribution in [2.24, 2.45) is 0 Å². The Balaban J connectivity index is 1.96. The van der Waals surface area contributed by atoms with E-state index in [-0.39, 0.29) is 5.56 Å². The molecule has 0 radical (unpaired) electrons. The summed E-state index contributed by atoms with van der Waals surface area (Å²) in [6, 6.07) is 16.2. The standard InChI is InChI=1S/C15H15F2NO/c16-15(17)14(19)12-6-8-13(9-7-12)18-10-11-4-2-1-3-5-11/h1-9,14-15,18-19H,10H2. The van der Waals surface area contributed by atoms with Crippen LogP contribution in [0.15, 0.2) is 54.6 Å². The van der Waals surface area contributed by atoms with Crippen LogP contribution in [0.1, 0.15) is 17.2 Å². The number of nitrogens with one attached hydrogen (secondary N) is 1. The average Bonchev–Trinajstić information content (AvgIpc) is 2.46. The molecule has 0 spiro atoms. The third-order valence-corrected chi connectivity index (χ3v) is 2.83. The van der Waals surface area contributed by atoms with Gasteiger partial charge in [0.1, 0.15) is 6.10 Å². The van der Waals surface area contributed by atoms with Crippen molar-refractivity contribution in [3.05, 3.63) is 65.7 Å². The van der Waals surface area contributed by atoms with Gasteiger partial charge in [0.25, 0.3) is 6.43 Å². The maximum atomic E-state index is 12.3. The number of alkyl halides is 2. The maximum absolute atomic E-state index is 12.3. The van der Waals surface area contributed by atoms with Crippen LogP contribution < -0.4 is 5.32 Å². The van der Waals surface area contributed by atoms with Crippen LogP contribution in [-0.2, 0) is 6.54 Å². The molecule has 0 fully saturated rings. The quantitative estimate of drug-likeness (QED) is 0.864. The van der Waals surface area contributed by atoms with Gasteiger partial charge < -0.3 is 10.4 Å². The maximum Gasteiger partial charge on any atom is 0.268 e. The van der Waals surface area contributed by atoms with Gasteiger partial charge in [0, 0.05) is 12.2 Å². The summed E-state index contributed by atoms with van der Waals surface area (Å²) in [5.74, 6) is 0. The Labute approximate surface area is 110 Å². The molecule has 4 heteroatoms. The number of hydrogen-bond acceptors (Lipinski definition) is 2. The Kier molecular flexibility index (Phi) is 4.47. The van der Waals surface area contributed by atoms with Gasteiger partial charge in [0.05, 0.1) is 0 Å². The molecule has 2 N–H and O–H groups in total. The van der Waals surface area contributed by atoms with Crippen molar-refractivity contribution in [1.82, 2.24) is 0 Å². The molecule has 100 valence electrons. The van der Waals surface area contributed by atoms with Gasteiger partial charge in [-0.1, -0.05) is 42.5 Å². The fourth-order valence-electron chi connectivity index (χ4n) is 1.74. The average molecular weight is 263 g/mol. The van der Waals surface area contributed by atoms with E-state index in [1.165, 1.54) is 12.1 Å². The SMILES string of the molecule is OC(c1ccc(NCc2ccccc2)cc1)C(F)F. The molecule has 1 unspecified atom stereocenters. The van der Waals surface area contributed by atoms with Crippen molar-refractivity contribution in [1.29, 1.82) is 0 Å². The number of aliphatic hydroxyl groups is 1. The summed E-state index contributed by atoms with van der Waals surface area (Å²) in [5.41, 5.74) is 2.19. The van der Waals surface area contributed by atoms with Crippen LogP contribution in [0, 0.1) is 0 Å². The summed E-state index contributed by atoms with van der Waals surface area (Å²) in [6.07, 6.45) is -4.48. The Morgan fingerprint density at radius 2 is 1.58 bits per heavy atom. The topological polar surface area (TPSA) is 32.3 Å². The van der Waals surface area contributed by atoms with E-state index >= 15 is 0 Å². The number of hydrogen-bond donors (Lipinski definition) is 2. The zero-order valence-electron chi connectivity index (χ0n) is 10.3. The summed E-state index contributed by atoms with van der Waals surface area (Å²) in [7, 11) is 0. The fraction of sp³-hybridized carbons (Fsp3) is 0.200. The first kappa shape index (κ1) is 13.5. The molecule has 2 rings (SSSR count). The lowest BCUT2D eigenvalue weighted by Crippen LogP contribution is -2.08. The molecule has 0 aliphatic heterocycles. The highest BCUT2D eigenvalue weighted by molar-refractivity contribution is 5.45. The third-order valence-electron chi connectivity index (χ3n) is 2.83. The third kappa shape index (κ3) is 3.76. The minimum Gasteiger partial charge on any atom is -0.382 e. The van der Waals surface area contributed by atoms with E-state index in [0.29, 0.717) is 6.54 Å². The van der Waals surface area contributed by atoms with Crippen LogP contribution in [0.25, 0.3) is 0 Å². The van der Waals surface area contributed by atoms with E-state index < -0.39 is 12.5 Å². The molecule has 2 aromatic carbocycles. The zero-order chi connectivity index (χ0) is 13.7. The molecule has 0 aromatic heterocycles. The number of aliphatic hydroxyl groups excluding tert-OH is 1. The Morgan fingerprint density at radius 1 is 0.947 bits per heavy atom. The summed E-state index contributed by atoms with van der Waals surface area (Å²) >= 11 is 0. The molecule has 1 atom stereocenters. The second kappa shape index (κ2) is 6.29. The highest BCUT2D eigenvalue weighted by Gasteiger charge is 2.18. The predicted octanol–water partition coefficient (Wildman–Crippen LogP) is 3.60. The molecule has 2 aromatic rings. The lowest BCUT2D eigenvalue weighted by molar-refractivity contribution is -0.00577. The van der Waals surface area contributed by atoms with Gasteiger partial charge >= 0.3 is 0 Å². The van der Waals surface area contributed by atoms with E-state index in [9.17, 15) is 13.9 Å². The highest BCUT2D eigenvalue weighted by Crippen LogP contribution is 2.22. The fourth-order valence-corrected chi connectivity index (χ4v) is 1.74. The minimum absolute atomic E-state index is 0.222. The van der Waals surface area contributed by atoms with E-state index in [0.717, 1.165) is 11.3 Å². The van der Waals surface area contributed by atoms with Crippen LogP contribution in [0.5, 0.6) is 0 Å². The van der Waals surface area contributed by atoms with Gasteiger partial charge in [0.2, 0.25) is 0 Å². The molecule has 0 bridgehead atoms. The van der Waals surface area contributed by atoms with Gasteiger partial charge in [-0.05, 0) is 23.3 Å². The van der Waals surface area contributed by atoms with Crippen molar-refractivity contribution >= 4 is 5.69 Å². The molecule has 0 heterocycles. The second-order valence-corrected chi connectivity index (χ2v) is 4.24. The number of rotatable bonds is 5. The van der Waals surface area contributed by atoms with Gasteiger partial charge in [-0.3, -0.25) is 0 Å². The predicted molar refractivity (Wildman–Crippen MR) is 71.2 cm³/mol. The Hall–Kier alpha value is -1.94. The van der Waals surface area contributed by atoms with Crippen molar-refractivity contribution in [3.8, 4) is 0 Å². The van der Waals surface area contributed by atoms with E-state index in [1.807, 2.05) is 30.3 Å². The molecule has 0 saturated heterocycles. The second-order valence-electron chi connectivity index (χ2n) is 4.24. The van der Waals surface area contributed by atoms with E-state index in [4.69, 9.17) is 0 Å². The summed E-state index contributed by atoms with van der Waals surface area (Å²) in [4.78, 5) is 0. The summed E-state index contributed by atoms with van der Waals surface area (Å²) < 4.78 is 24.6. The first-order chi connectivity index (χ1) is 9.16. The molecular weight excluding hydrogens is 248 g/mol. The zero-order valence-corrected chi connectivity index (χ0v) is 10.3. The minimum atomic E-state index is -2.76. The van der Waals surface area contributed by atoms with Crippen LogP contribution in [0.4, 0.5) is 14.5 Å². The van der Waals surface area contributed by atoms with Crippen molar-refractivity contribution in [3.63, 3.8) is 0 Å². The molecule has 0 saturated carbocycles. The van der Waals surface area contributed by atoms with Crippen LogP contribution in [-0.4, -0.2) is 11.5 Å². The van der Waals surface area contributed by atoms with Crippen molar-refractivity contribution < 1.29 is 13.9 Å². The smallest absolute Gasteiger partial charge is 0.268 e. The van der Waals surface area contributed by atoms with Crippen LogP contribution >= 0.6 is 0 Å². The van der Waals surface area contributed by atoms with Gasteiger partial charge in [-0.2, -0.15) is 0 Å². The number of anilines is 1. The Morgan fingerprint density at radius 3 is 2.16 bits per heavy atom. The molecular formula is C15H15F2NO. The summed E-state index contributed by atoms with van der Waals surface area (Å²) in [5, 5.41) is 12.4. The highest BCUT2D eigenvalue weighted by atomic mass is 19.3. The molecule has 19 heavy (non-hydrogen) atoms. The molecule has 0 aliphatic rings. The molecule has 2 nitrogen and oxygen atoms in total. The molecule has 0 amide bonds. The van der Waals surface area contributed by atoms with Crippen molar-refractivity contribution in [2.75, 3.05) is 5.32 Å². The van der Waals surface area contributed by atoms with Crippen LogP contribution in [0.2, 0.25) is 0 Å². The number of halogens is 2. The van der Waals surface area contributed by atoms with Crippen LogP contribution in [0.3, 0.4) is 0 Å². The monoisotopic (exact) mass is 263 g/mol. The molecule has 0 aliphatic carbocycles. The Bertz CT molecular complexity index is 499. The van der Waals surface area contributed by atoms with Gasteiger partial charge in [-0.25, -0.2) is 8.78 Å². The van der Waals surface area contributed by atoms with Gasteiger partial charge in [0.15, 0.2) is 0 Å². The summed E-state index contributed by atoms with van der Waals surface area (Å²) in [6.45, 7) is 0.664. The largest absolute Gasteiger partial charge is 0.382 e. The lowest BCUT2D eigenvalue weighted by atomic mass is 10.1. The first-order valence-corrected chi connectivity index (χ1v) is 6.01. The normalized spacial score (nSPS) is 12.4.